The van der Waals surface area contributed by atoms with Crippen LogP contribution in [0.1, 0.15) is 41.6 Å². The molecule has 32 heavy (non-hydrogen) atoms. The number of guanidine groups is 1. The lowest BCUT2D eigenvalue weighted by Crippen LogP contribution is -2.36. The zero-order chi connectivity index (χ0) is 22.1. The third-order valence-corrected chi connectivity index (χ3v) is 5.58. The molecule has 0 aliphatic heterocycles. The van der Waals surface area contributed by atoms with E-state index in [1.54, 1.807) is 25.5 Å². The van der Waals surface area contributed by atoms with Gasteiger partial charge in [0.2, 0.25) is 0 Å². The predicted octanol–water partition coefficient (Wildman–Crippen LogP) is 5.34. The van der Waals surface area contributed by atoms with Crippen molar-refractivity contribution in [2.45, 2.75) is 39.5 Å². The zero-order valence-electron chi connectivity index (χ0n) is 18.9. The molecule has 3 rings (SSSR count). The van der Waals surface area contributed by atoms with E-state index in [0.29, 0.717) is 31.4 Å². The number of halogens is 1. The van der Waals surface area contributed by atoms with Crippen LogP contribution in [0.4, 0.5) is 0 Å². The number of nitrogens with one attached hydrogen (secondary N) is 2. The Hall–Kier alpha value is -2.33. The fourth-order valence-corrected chi connectivity index (χ4v) is 3.81. The summed E-state index contributed by atoms with van der Waals surface area (Å²) in [7, 11) is 3.42. The summed E-state index contributed by atoms with van der Waals surface area (Å²) in [6, 6.07) is 16.0. The Kier molecular flexibility index (Phi) is 10.8. The van der Waals surface area contributed by atoms with E-state index in [1.165, 1.54) is 0 Å². The first-order chi connectivity index (χ1) is 15.1. The standard InChI is InChI=1S/C24H30N4O2S.HI/c1-17(2)20-16-31-23(28-20)14-27-24(25-3)26-13-19-10-11-21(22(12-19)29-4)30-15-18-8-6-5-7-9-18;/h5-12,16-17H,13-15H2,1-4H3,(H2,25,26,27);1H. The fraction of sp³-hybridized carbons (Fsp3) is 0.333. The highest BCUT2D eigenvalue weighted by Gasteiger charge is 2.09. The first kappa shape index (κ1) is 25.9. The topological polar surface area (TPSA) is 67.8 Å². The van der Waals surface area contributed by atoms with Crippen LogP contribution in [0.5, 0.6) is 11.5 Å². The van der Waals surface area contributed by atoms with Gasteiger partial charge in [0.1, 0.15) is 11.6 Å². The second kappa shape index (κ2) is 13.3. The monoisotopic (exact) mass is 566 g/mol. The number of methoxy groups -OCH3 is 1. The normalized spacial score (nSPS) is 11.1. The summed E-state index contributed by atoms with van der Waals surface area (Å²) in [6.45, 7) is 6.06. The molecular weight excluding hydrogens is 535 g/mol. The minimum absolute atomic E-state index is 0. The second-order valence-electron chi connectivity index (χ2n) is 7.36. The lowest BCUT2D eigenvalue weighted by atomic mass is 10.2. The SMILES string of the molecule is CN=C(NCc1ccc(OCc2ccccc2)c(OC)c1)NCc1nc(C(C)C)cs1.I. The minimum atomic E-state index is 0. The van der Waals surface area contributed by atoms with E-state index in [9.17, 15) is 0 Å². The van der Waals surface area contributed by atoms with Gasteiger partial charge in [0.15, 0.2) is 17.5 Å². The first-order valence-corrected chi connectivity index (χ1v) is 11.2. The molecule has 0 radical (unpaired) electrons. The van der Waals surface area contributed by atoms with Crippen LogP contribution in [-0.4, -0.2) is 25.1 Å². The third-order valence-electron chi connectivity index (χ3n) is 4.72. The van der Waals surface area contributed by atoms with E-state index in [2.05, 4.69) is 39.8 Å². The van der Waals surface area contributed by atoms with Gasteiger partial charge in [-0.1, -0.05) is 50.2 Å². The van der Waals surface area contributed by atoms with Gasteiger partial charge in [0.25, 0.3) is 0 Å². The van der Waals surface area contributed by atoms with Crippen LogP contribution in [-0.2, 0) is 19.7 Å². The smallest absolute Gasteiger partial charge is 0.191 e. The van der Waals surface area contributed by atoms with Crippen LogP contribution >= 0.6 is 35.3 Å². The molecule has 8 heteroatoms. The van der Waals surface area contributed by atoms with Crippen molar-refractivity contribution in [2.75, 3.05) is 14.2 Å². The van der Waals surface area contributed by atoms with Crippen LogP contribution in [0.3, 0.4) is 0 Å². The second-order valence-corrected chi connectivity index (χ2v) is 8.30. The number of hydrogen-bond acceptors (Lipinski definition) is 5. The van der Waals surface area contributed by atoms with Crippen molar-refractivity contribution in [1.82, 2.24) is 15.6 Å². The Balaban J connectivity index is 0.00000363. The average molecular weight is 567 g/mol. The fourth-order valence-electron chi connectivity index (χ4n) is 2.91. The summed E-state index contributed by atoms with van der Waals surface area (Å²) in [5.74, 6) is 2.60. The molecule has 0 amide bonds. The van der Waals surface area contributed by atoms with E-state index in [-0.39, 0.29) is 24.0 Å². The van der Waals surface area contributed by atoms with Crippen molar-refractivity contribution in [2.24, 2.45) is 4.99 Å². The van der Waals surface area contributed by atoms with Crippen molar-refractivity contribution in [3.8, 4) is 11.5 Å². The van der Waals surface area contributed by atoms with Gasteiger partial charge in [-0.3, -0.25) is 4.99 Å². The number of rotatable bonds is 9. The number of thiazole rings is 1. The van der Waals surface area contributed by atoms with Crippen LogP contribution in [0, 0.1) is 0 Å². The molecule has 0 aliphatic rings. The Bertz CT molecular complexity index is 993. The Morgan fingerprint density at radius 2 is 1.78 bits per heavy atom. The molecule has 0 bridgehead atoms. The maximum Gasteiger partial charge on any atom is 0.191 e. The van der Waals surface area contributed by atoms with Gasteiger partial charge < -0.3 is 20.1 Å². The van der Waals surface area contributed by atoms with Gasteiger partial charge in [0.05, 0.1) is 19.3 Å². The van der Waals surface area contributed by atoms with Gasteiger partial charge in [-0.25, -0.2) is 4.98 Å². The van der Waals surface area contributed by atoms with Gasteiger partial charge in [-0.15, -0.1) is 35.3 Å². The molecule has 6 nitrogen and oxygen atoms in total. The first-order valence-electron chi connectivity index (χ1n) is 10.3. The molecule has 2 aromatic carbocycles. The van der Waals surface area contributed by atoms with Crippen LogP contribution in [0.2, 0.25) is 0 Å². The van der Waals surface area contributed by atoms with E-state index in [4.69, 9.17) is 9.47 Å². The quantitative estimate of drug-likeness (QED) is 0.208. The summed E-state index contributed by atoms with van der Waals surface area (Å²) in [5, 5.41) is 9.82. The van der Waals surface area contributed by atoms with Gasteiger partial charge in [0, 0.05) is 19.0 Å². The number of benzene rings is 2. The molecule has 0 fully saturated rings. The van der Waals surface area contributed by atoms with Gasteiger partial charge >= 0.3 is 0 Å². The maximum absolute atomic E-state index is 5.93. The number of aliphatic imine (C=N–C) groups is 1. The largest absolute Gasteiger partial charge is 0.493 e. The molecule has 0 unspecified atom stereocenters. The zero-order valence-corrected chi connectivity index (χ0v) is 22.1. The molecule has 1 aromatic heterocycles. The Labute approximate surface area is 211 Å². The summed E-state index contributed by atoms with van der Waals surface area (Å²) < 4.78 is 11.5. The van der Waals surface area contributed by atoms with Crippen molar-refractivity contribution in [3.05, 3.63) is 75.7 Å². The van der Waals surface area contributed by atoms with E-state index in [1.807, 2.05) is 48.5 Å². The highest BCUT2D eigenvalue weighted by Crippen LogP contribution is 2.28. The number of hydrogen-bond donors (Lipinski definition) is 2. The van der Waals surface area contributed by atoms with Crippen molar-refractivity contribution in [3.63, 3.8) is 0 Å². The molecule has 172 valence electrons. The number of ether oxygens (including phenoxy) is 2. The molecule has 0 aliphatic carbocycles. The van der Waals surface area contributed by atoms with E-state index >= 15 is 0 Å². The van der Waals surface area contributed by atoms with Crippen LogP contribution in [0.25, 0.3) is 0 Å². The summed E-state index contributed by atoms with van der Waals surface area (Å²) >= 11 is 1.67. The van der Waals surface area contributed by atoms with Gasteiger partial charge in [-0.2, -0.15) is 0 Å². The Morgan fingerprint density at radius 1 is 1.03 bits per heavy atom. The molecule has 0 atom stereocenters. The third kappa shape index (κ3) is 7.67. The maximum atomic E-state index is 5.93. The highest BCUT2D eigenvalue weighted by atomic mass is 127. The van der Waals surface area contributed by atoms with Crippen LogP contribution in [0.15, 0.2) is 58.9 Å². The lowest BCUT2D eigenvalue weighted by Gasteiger charge is -2.14. The molecular formula is C24H31IN4O2S. The lowest BCUT2D eigenvalue weighted by molar-refractivity contribution is 0.284. The van der Waals surface area contributed by atoms with Crippen LogP contribution < -0.4 is 20.1 Å². The van der Waals surface area contributed by atoms with E-state index in [0.717, 1.165) is 33.5 Å². The Morgan fingerprint density at radius 3 is 2.44 bits per heavy atom. The summed E-state index contributed by atoms with van der Waals surface area (Å²) in [6.07, 6.45) is 0. The molecule has 1 heterocycles. The highest BCUT2D eigenvalue weighted by molar-refractivity contribution is 14.0. The summed E-state index contributed by atoms with van der Waals surface area (Å²) in [4.78, 5) is 8.95. The average Bonchev–Trinajstić information content (AvgIpc) is 3.28. The van der Waals surface area contributed by atoms with Crippen molar-refractivity contribution >= 4 is 41.3 Å². The number of aromatic nitrogens is 1. The minimum Gasteiger partial charge on any atom is -0.493 e. The molecule has 0 spiro atoms. The van der Waals surface area contributed by atoms with Gasteiger partial charge in [-0.05, 0) is 29.2 Å². The number of nitrogens with zero attached hydrogens (tertiary/aromatic N) is 2. The molecule has 0 saturated carbocycles. The van der Waals surface area contributed by atoms with E-state index < -0.39 is 0 Å². The molecule has 0 saturated heterocycles. The summed E-state index contributed by atoms with van der Waals surface area (Å²) in [5.41, 5.74) is 3.32. The molecule has 3 aromatic rings. The van der Waals surface area contributed by atoms with Crippen molar-refractivity contribution < 1.29 is 9.47 Å². The molecule has 2 N–H and O–H groups in total. The van der Waals surface area contributed by atoms with Crippen molar-refractivity contribution in [1.29, 1.82) is 0 Å². The predicted molar refractivity (Wildman–Crippen MR) is 142 cm³/mol.